The molecule has 0 bridgehead atoms. The highest BCUT2D eigenvalue weighted by Crippen LogP contribution is 2.46. The molecule has 34 heavy (non-hydrogen) atoms. The Kier molecular flexibility index (Phi) is 6.16. The Morgan fingerprint density at radius 3 is 2.59 bits per heavy atom. The third-order valence-corrected chi connectivity index (χ3v) is 9.16. The van der Waals surface area contributed by atoms with Crippen LogP contribution in [0.5, 0.6) is 5.75 Å². The van der Waals surface area contributed by atoms with E-state index in [0.29, 0.717) is 42.4 Å². The third-order valence-electron chi connectivity index (χ3n) is 7.30. The number of methoxy groups -OCH3 is 1. The fourth-order valence-corrected chi connectivity index (χ4v) is 7.08. The van der Waals surface area contributed by atoms with Gasteiger partial charge in [-0.05, 0) is 61.9 Å². The van der Waals surface area contributed by atoms with Crippen LogP contribution in [0, 0.1) is 19.8 Å². The molecule has 2 saturated heterocycles. The SMILES string of the molecule is CO[C@@H]1CN(C(=O)c2cc(C)ccc2C)C[C@H]1Oc1cccc(CS(=O)(=O)N2CCC3CC32)c1. The van der Waals surface area contributed by atoms with Crippen LogP contribution in [0.2, 0.25) is 0 Å². The van der Waals surface area contributed by atoms with Crippen molar-refractivity contribution in [2.75, 3.05) is 26.7 Å². The Morgan fingerprint density at radius 1 is 1.09 bits per heavy atom. The van der Waals surface area contributed by atoms with Crippen molar-refractivity contribution in [2.24, 2.45) is 5.92 Å². The van der Waals surface area contributed by atoms with Gasteiger partial charge in [0.15, 0.2) is 0 Å². The van der Waals surface area contributed by atoms with Gasteiger partial charge in [0.25, 0.3) is 5.91 Å². The summed E-state index contributed by atoms with van der Waals surface area (Å²) in [5.41, 5.74) is 3.39. The number of hydrogen-bond donors (Lipinski definition) is 0. The molecule has 0 aromatic heterocycles. The van der Waals surface area contributed by atoms with Crippen LogP contribution in [0.25, 0.3) is 0 Å². The largest absolute Gasteiger partial charge is 0.486 e. The van der Waals surface area contributed by atoms with Crippen molar-refractivity contribution < 1.29 is 22.7 Å². The Labute approximate surface area is 201 Å². The number of ether oxygens (including phenoxy) is 2. The fraction of sp³-hybridized carbons (Fsp3) is 0.500. The number of hydrogen-bond acceptors (Lipinski definition) is 5. The van der Waals surface area contributed by atoms with Gasteiger partial charge in [-0.3, -0.25) is 4.79 Å². The molecule has 5 rings (SSSR count). The molecule has 2 aliphatic heterocycles. The topological polar surface area (TPSA) is 76.1 Å². The van der Waals surface area contributed by atoms with Crippen LogP contribution in [0.15, 0.2) is 42.5 Å². The quantitative estimate of drug-likeness (QED) is 0.604. The minimum atomic E-state index is -3.34. The molecule has 2 unspecified atom stereocenters. The lowest BCUT2D eigenvalue weighted by atomic mass is 10.0. The molecule has 1 amide bonds. The summed E-state index contributed by atoms with van der Waals surface area (Å²) in [5, 5.41) is 0. The number of carbonyl (C=O) groups excluding carboxylic acids is 1. The molecule has 182 valence electrons. The third kappa shape index (κ3) is 4.59. The molecule has 1 aliphatic carbocycles. The Bertz CT molecular complexity index is 1200. The van der Waals surface area contributed by atoms with E-state index in [1.807, 2.05) is 50.2 Å². The first-order chi connectivity index (χ1) is 16.2. The number of amides is 1. The van der Waals surface area contributed by atoms with Crippen molar-refractivity contribution in [3.8, 4) is 5.75 Å². The van der Waals surface area contributed by atoms with Crippen LogP contribution in [0.4, 0.5) is 0 Å². The molecular weight excluding hydrogens is 452 g/mol. The number of likely N-dealkylation sites (tertiary alicyclic amines) is 1. The summed E-state index contributed by atoms with van der Waals surface area (Å²) >= 11 is 0. The molecule has 0 spiro atoms. The van der Waals surface area contributed by atoms with Gasteiger partial charge in [0.1, 0.15) is 18.0 Å². The smallest absolute Gasteiger partial charge is 0.254 e. The predicted molar refractivity (Wildman–Crippen MR) is 129 cm³/mol. The van der Waals surface area contributed by atoms with Gasteiger partial charge < -0.3 is 14.4 Å². The summed E-state index contributed by atoms with van der Waals surface area (Å²) in [7, 11) is -1.72. The monoisotopic (exact) mass is 484 g/mol. The van der Waals surface area contributed by atoms with Gasteiger partial charge in [-0.1, -0.05) is 29.8 Å². The number of carbonyl (C=O) groups is 1. The maximum atomic E-state index is 13.2. The van der Waals surface area contributed by atoms with Crippen molar-refractivity contribution >= 4 is 15.9 Å². The molecule has 3 fully saturated rings. The number of fused-ring (bicyclic) bond motifs is 1. The second-order valence-corrected chi connectivity index (χ2v) is 11.7. The molecule has 4 atom stereocenters. The standard InChI is InChI=1S/C26H32N2O5S/c1-17-7-8-18(2)22(11-17)26(29)27-14-24(32-3)25(15-27)33-21-6-4-5-19(12-21)16-34(30,31)28-10-9-20-13-23(20)28/h4-8,11-12,20,23-25H,9-10,13-16H2,1-3H3/t20?,23?,24-,25-/m1/s1. The summed E-state index contributed by atoms with van der Waals surface area (Å²) < 4.78 is 39.4. The lowest BCUT2D eigenvalue weighted by Crippen LogP contribution is -2.32. The summed E-state index contributed by atoms with van der Waals surface area (Å²) in [6.45, 7) is 5.40. The van der Waals surface area contributed by atoms with E-state index in [0.717, 1.165) is 24.0 Å². The predicted octanol–water partition coefficient (Wildman–Crippen LogP) is 3.15. The van der Waals surface area contributed by atoms with E-state index in [4.69, 9.17) is 9.47 Å². The zero-order valence-electron chi connectivity index (χ0n) is 19.9. The number of sulfonamides is 1. The number of benzene rings is 2. The molecule has 2 aromatic carbocycles. The fourth-order valence-electron chi connectivity index (χ4n) is 5.26. The highest BCUT2D eigenvalue weighted by atomic mass is 32.2. The van der Waals surface area contributed by atoms with E-state index in [9.17, 15) is 13.2 Å². The minimum Gasteiger partial charge on any atom is -0.486 e. The normalized spacial score (nSPS) is 26.5. The van der Waals surface area contributed by atoms with Gasteiger partial charge in [-0.15, -0.1) is 0 Å². The van der Waals surface area contributed by atoms with Crippen molar-refractivity contribution in [2.45, 2.75) is 50.7 Å². The van der Waals surface area contributed by atoms with Gasteiger partial charge in [-0.25, -0.2) is 8.42 Å². The molecule has 0 radical (unpaired) electrons. The first kappa shape index (κ1) is 23.3. The highest BCUT2D eigenvalue weighted by Gasteiger charge is 2.51. The van der Waals surface area contributed by atoms with Crippen molar-refractivity contribution in [3.63, 3.8) is 0 Å². The lowest BCUT2D eigenvalue weighted by molar-refractivity contribution is 0.0339. The van der Waals surface area contributed by atoms with Crippen molar-refractivity contribution in [1.29, 1.82) is 0 Å². The van der Waals surface area contributed by atoms with E-state index >= 15 is 0 Å². The van der Waals surface area contributed by atoms with Crippen LogP contribution < -0.4 is 4.74 Å². The van der Waals surface area contributed by atoms with Crippen molar-refractivity contribution in [3.05, 3.63) is 64.7 Å². The number of piperidine rings is 1. The molecule has 8 heteroatoms. The Hall–Kier alpha value is -2.42. The lowest BCUT2D eigenvalue weighted by Gasteiger charge is -2.20. The Balaban J connectivity index is 1.27. The summed E-state index contributed by atoms with van der Waals surface area (Å²) in [5.74, 6) is 1.10. The molecule has 1 saturated carbocycles. The van der Waals surface area contributed by atoms with E-state index in [1.165, 1.54) is 0 Å². The maximum Gasteiger partial charge on any atom is 0.254 e. The average Bonchev–Trinajstić information content (AvgIpc) is 3.24. The first-order valence-electron chi connectivity index (χ1n) is 11.9. The van der Waals surface area contributed by atoms with Crippen LogP contribution in [0.3, 0.4) is 0 Å². The van der Waals surface area contributed by atoms with Gasteiger partial charge in [0, 0.05) is 25.3 Å². The van der Waals surface area contributed by atoms with Crippen LogP contribution in [0.1, 0.15) is 39.9 Å². The van der Waals surface area contributed by atoms with Crippen molar-refractivity contribution in [1.82, 2.24) is 9.21 Å². The van der Waals surface area contributed by atoms with Gasteiger partial charge in [0.05, 0.1) is 18.8 Å². The average molecular weight is 485 g/mol. The van der Waals surface area contributed by atoms with Gasteiger partial charge >= 0.3 is 0 Å². The zero-order chi connectivity index (χ0) is 24.0. The Morgan fingerprint density at radius 2 is 1.88 bits per heavy atom. The van der Waals surface area contributed by atoms with Crippen LogP contribution in [-0.4, -0.2) is 68.5 Å². The second-order valence-electron chi connectivity index (χ2n) is 9.83. The zero-order valence-corrected chi connectivity index (χ0v) is 20.8. The van der Waals surface area contributed by atoms with E-state index in [2.05, 4.69) is 0 Å². The molecular formula is C26H32N2O5S. The first-order valence-corrected chi connectivity index (χ1v) is 13.5. The van der Waals surface area contributed by atoms with E-state index < -0.39 is 10.0 Å². The van der Waals surface area contributed by atoms with Gasteiger partial charge in [0.2, 0.25) is 10.0 Å². The maximum absolute atomic E-state index is 13.2. The molecule has 3 aliphatic rings. The summed E-state index contributed by atoms with van der Waals surface area (Å²) in [6, 6.07) is 13.4. The molecule has 7 nitrogen and oxygen atoms in total. The van der Waals surface area contributed by atoms with Crippen LogP contribution >= 0.6 is 0 Å². The molecule has 2 heterocycles. The second kappa shape index (κ2) is 8.98. The number of nitrogens with zero attached hydrogens (tertiary/aromatic N) is 2. The minimum absolute atomic E-state index is 0.0248. The molecule has 0 N–H and O–H groups in total. The summed E-state index contributed by atoms with van der Waals surface area (Å²) in [4.78, 5) is 15.0. The number of aryl methyl sites for hydroxylation is 2. The van der Waals surface area contributed by atoms with E-state index in [-0.39, 0.29) is 29.9 Å². The molecule has 2 aromatic rings. The number of rotatable bonds is 7. The van der Waals surface area contributed by atoms with Crippen LogP contribution in [-0.2, 0) is 20.5 Å². The van der Waals surface area contributed by atoms with E-state index in [1.54, 1.807) is 22.4 Å². The van der Waals surface area contributed by atoms with Gasteiger partial charge in [-0.2, -0.15) is 4.31 Å². The summed E-state index contributed by atoms with van der Waals surface area (Å²) in [6.07, 6.45) is 1.37. The highest BCUT2D eigenvalue weighted by molar-refractivity contribution is 7.88.